The maximum atomic E-state index is 12.7. The molecule has 4 rings (SSSR count). The highest BCUT2D eigenvalue weighted by atomic mass is 35.5. The summed E-state index contributed by atoms with van der Waals surface area (Å²) in [5.41, 5.74) is 7.77. The molecule has 0 saturated heterocycles. The molecule has 126 valence electrons. The standard InChI is InChI=1S/C17H13Cl2N5O/c18-9-1-2-10(12(19)5-9)14-11-6-24(7-13(11)22-16(21)23-14)15(25)17(8-20)3-4-17/h1-2,5H,3-4,6-7H2,(H2,21,22,23). The van der Waals surface area contributed by atoms with Gasteiger partial charge in [-0.1, -0.05) is 23.2 Å². The Morgan fingerprint density at radius 3 is 2.68 bits per heavy atom. The van der Waals surface area contributed by atoms with Crippen molar-refractivity contribution >= 4 is 35.1 Å². The van der Waals surface area contributed by atoms with E-state index in [-0.39, 0.29) is 11.9 Å². The third kappa shape index (κ3) is 2.60. The number of amides is 1. The monoisotopic (exact) mass is 373 g/mol. The minimum Gasteiger partial charge on any atom is -0.368 e. The first kappa shape index (κ1) is 16.1. The minimum absolute atomic E-state index is 0.121. The summed E-state index contributed by atoms with van der Waals surface area (Å²) in [6.45, 7) is 0.661. The van der Waals surface area contributed by atoms with E-state index in [1.807, 2.05) is 0 Å². The number of aromatic nitrogens is 2. The van der Waals surface area contributed by atoms with Gasteiger partial charge in [0.05, 0.1) is 35.6 Å². The summed E-state index contributed by atoms with van der Waals surface area (Å²) in [6, 6.07) is 7.27. The topological polar surface area (TPSA) is 95.9 Å². The van der Waals surface area contributed by atoms with Gasteiger partial charge in [-0.05, 0) is 31.0 Å². The van der Waals surface area contributed by atoms with Gasteiger partial charge in [0.15, 0.2) is 0 Å². The second-order valence-corrected chi connectivity index (χ2v) is 7.18. The third-order valence-corrected chi connectivity index (χ3v) is 5.19. The molecule has 1 aromatic heterocycles. The molecular weight excluding hydrogens is 361 g/mol. The Balaban J connectivity index is 1.75. The Morgan fingerprint density at radius 1 is 1.28 bits per heavy atom. The second kappa shape index (κ2) is 5.58. The van der Waals surface area contributed by atoms with Crippen molar-refractivity contribution in [3.63, 3.8) is 0 Å². The number of halogens is 2. The lowest BCUT2D eigenvalue weighted by molar-refractivity contribution is -0.135. The van der Waals surface area contributed by atoms with Crippen LogP contribution in [0.2, 0.25) is 10.0 Å². The molecule has 2 N–H and O–H groups in total. The van der Waals surface area contributed by atoms with Crippen LogP contribution in [0.3, 0.4) is 0 Å². The van der Waals surface area contributed by atoms with Crippen LogP contribution in [0.4, 0.5) is 5.95 Å². The van der Waals surface area contributed by atoms with Crippen molar-refractivity contribution in [2.45, 2.75) is 25.9 Å². The third-order valence-electron chi connectivity index (χ3n) is 4.65. The Morgan fingerprint density at radius 2 is 2.04 bits per heavy atom. The predicted molar refractivity (Wildman–Crippen MR) is 93.4 cm³/mol. The highest BCUT2D eigenvalue weighted by Gasteiger charge is 2.53. The fourth-order valence-electron chi connectivity index (χ4n) is 3.12. The van der Waals surface area contributed by atoms with Crippen LogP contribution < -0.4 is 5.73 Å². The highest BCUT2D eigenvalue weighted by molar-refractivity contribution is 6.36. The van der Waals surface area contributed by atoms with E-state index in [9.17, 15) is 10.1 Å². The summed E-state index contributed by atoms with van der Waals surface area (Å²) >= 11 is 12.3. The van der Waals surface area contributed by atoms with Gasteiger partial charge in [0, 0.05) is 16.1 Å². The summed E-state index contributed by atoms with van der Waals surface area (Å²) in [7, 11) is 0. The molecule has 1 saturated carbocycles. The highest BCUT2D eigenvalue weighted by Crippen LogP contribution is 2.48. The molecule has 0 unspecified atom stereocenters. The fourth-order valence-corrected chi connectivity index (χ4v) is 3.62. The van der Waals surface area contributed by atoms with Gasteiger partial charge in [0.2, 0.25) is 11.9 Å². The van der Waals surface area contributed by atoms with E-state index in [1.54, 1.807) is 23.1 Å². The molecule has 2 aliphatic rings. The van der Waals surface area contributed by atoms with Crippen LogP contribution in [0.15, 0.2) is 18.2 Å². The molecule has 6 nitrogen and oxygen atoms in total. The molecule has 1 aromatic carbocycles. The average Bonchev–Trinajstić information content (AvgIpc) is 3.26. The van der Waals surface area contributed by atoms with Crippen molar-refractivity contribution in [2.75, 3.05) is 5.73 Å². The largest absolute Gasteiger partial charge is 0.368 e. The number of carbonyl (C=O) groups excluding carboxylic acids is 1. The van der Waals surface area contributed by atoms with Crippen LogP contribution in [-0.4, -0.2) is 20.8 Å². The number of carbonyl (C=O) groups is 1. The number of nitrogens with zero attached hydrogens (tertiary/aromatic N) is 4. The summed E-state index contributed by atoms with van der Waals surface area (Å²) in [5.74, 6) is -0.0322. The molecule has 1 amide bonds. The van der Waals surface area contributed by atoms with E-state index < -0.39 is 5.41 Å². The maximum Gasteiger partial charge on any atom is 0.243 e. The number of rotatable bonds is 2. The van der Waals surface area contributed by atoms with Gasteiger partial charge in [-0.25, -0.2) is 9.97 Å². The zero-order chi connectivity index (χ0) is 17.8. The molecule has 0 atom stereocenters. The van der Waals surface area contributed by atoms with E-state index in [4.69, 9.17) is 28.9 Å². The summed E-state index contributed by atoms with van der Waals surface area (Å²) < 4.78 is 0. The molecule has 2 aromatic rings. The molecule has 1 fully saturated rings. The number of nitrogen functional groups attached to an aromatic ring is 1. The number of hydrogen-bond donors (Lipinski definition) is 1. The number of nitriles is 1. The lowest BCUT2D eigenvalue weighted by Crippen LogP contribution is -2.32. The van der Waals surface area contributed by atoms with E-state index >= 15 is 0 Å². The molecule has 1 aliphatic carbocycles. The van der Waals surface area contributed by atoms with Gasteiger partial charge in [0.1, 0.15) is 5.41 Å². The Bertz CT molecular complexity index is 949. The smallest absolute Gasteiger partial charge is 0.243 e. The normalized spacial score (nSPS) is 17.1. The first-order valence-electron chi connectivity index (χ1n) is 7.75. The lowest BCUT2D eigenvalue weighted by Gasteiger charge is -2.18. The van der Waals surface area contributed by atoms with Crippen LogP contribution in [0, 0.1) is 16.7 Å². The Kier molecular flexibility index (Phi) is 3.60. The summed E-state index contributed by atoms with van der Waals surface area (Å²) in [4.78, 5) is 22.9. The van der Waals surface area contributed by atoms with Gasteiger partial charge in [0.25, 0.3) is 0 Å². The SMILES string of the molecule is N#CC1(C(=O)N2Cc3nc(N)nc(-c4ccc(Cl)cc4Cl)c3C2)CC1. The number of anilines is 1. The van der Waals surface area contributed by atoms with Crippen LogP contribution in [0.25, 0.3) is 11.3 Å². The van der Waals surface area contributed by atoms with Crippen molar-refractivity contribution in [3.8, 4) is 17.3 Å². The van der Waals surface area contributed by atoms with E-state index in [2.05, 4.69) is 16.0 Å². The van der Waals surface area contributed by atoms with E-state index in [0.29, 0.717) is 52.9 Å². The van der Waals surface area contributed by atoms with Gasteiger partial charge >= 0.3 is 0 Å². The zero-order valence-corrected chi connectivity index (χ0v) is 14.6. The first-order valence-corrected chi connectivity index (χ1v) is 8.50. The van der Waals surface area contributed by atoms with Crippen LogP contribution in [-0.2, 0) is 17.9 Å². The predicted octanol–water partition coefficient (Wildman–Crippen LogP) is 3.18. The Hall–Kier alpha value is -2.36. The van der Waals surface area contributed by atoms with Gasteiger partial charge < -0.3 is 10.6 Å². The zero-order valence-electron chi connectivity index (χ0n) is 13.1. The van der Waals surface area contributed by atoms with Crippen LogP contribution >= 0.6 is 23.2 Å². The minimum atomic E-state index is -0.862. The number of hydrogen-bond acceptors (Lipinski definition) is 5. The summed E-state index contributed by atoms with van der Waals surface area (Å²) in [5, 5.41) is 10.2. The van der Waals surface area contributed by atoms with Gasteiger partial charge in [-0.2, -0.15) is 5.26 Å². The molecule has 2 heterocycles. The van der Waals surface area contributed by atoms with E-state index in [1.165, 1.54) is 0 Å². The van der Waals surface area contributed by atoms with Crippen molar-refractivity contribution < 1.29 is 4.79 Å². The summed E-state index contributed by atoms with van der Waals surface area (Å²) in [6.07, 6.45) is 1.22. The molecule has 0 radical (unpaired) electrons. The van der Waals surface area contributed by atoms with Crippen LogP contribution in [0.5, 0.6) is 0 Å². The molecule has 0 bridgehead atoms. The lowest BCUT2D eigenvalue weighted by atomic mass is 10.1. The van der Waals surface area contributed by atoms with Crippen molar-refractivity contribution in [1.82, 2.24) is 14.9 Å². The number of nitrogens with two attached hydrogens (primary N) is 1. The molecule has 0 spiro atoms. The van der Waals surface area contributed by atoms with Crippen molar-refractivity contribution in [1.29, 1.82) is 5.26 Å². The average molecular weight is 374 g/mol. The molecular formula is C17H13Cl2N5O. The molecule has 1 aliphatic heterocycles. The number of benzene rings is 1. The second-order valence-electron chi connectivity index (χ2n) is 6.33. The van der Waals surface area contributed by atoms with Gasteiger partial charge in [-0.15, -0.1) is 0 Å². The van der Waals surface area contributed by atoms with Crippen LogP contribution in [0.1, 0.15) is 24.1 Å². The van der Waals surface area contributed by atoms with E-state index in [0.717, 1.165) is 5.56 Å². The van der Waals surface area contributed by atoms with Gasteiger partial charge in [-0.3, -0.25) is 4.79 Å². The van der Waals surface area contributed by atoms with Crippen molar-refractivity contribution in [3.05, 3.63) is 39.5 Å². The quantitative estimate of drug-likeness (QED) is 0.871. The first-order chi connectivity index (χ1) is 11.9. The Labute approximate surface area is 154 Å². The maximum absolute atomic E-state index is 12.7. The van der Waals surface area contributed by atoms with Crippen molar-refractivity contribution in [2.24, 2.45) is 5.41 Å². The number of fused-ring (bicyclic) bond motifs is 1. The fraction of sp³-hybridized carbons (Fsp3) is 0.294. The molecule has 8 heteroatoms. The molecule has 25 heavy (non-hydrogen) atoms.